The lowest BCUT2D eigenvalue weighted by atomic mass is 9.80. The maximum atomic E-state index is 4.63. The predicted molar refractivity (Wildman–Crippen MR) is 80.4 cm³/mol. The van der Waals surface area contributed by atoms with Crippen molar-refractivity contribution >= 4 is 5.82 Å². The van der Waals surface area contributed by atoms with Gasteiger partial charge in [0.2, 0.25) is 0 Å². The first kappa shape index (κ1) is 12.2. The topological polar surface area (TPSA) is 24.9 Å². The van der Waals surface area contributed by atoms with Gasteiger partial charge in [0, 0.05) is 12.1 Å². The minimum atomic E-state index is 0.801. The van der Waals surface area contributed by atoms with Crippen LogP contribution in [0.5, 0.6) is 0 Å². The van der Waals surface area contributed by atoms with Gasteiger partial charge in [0.05, 0.1) is 5.69 Å². The van der Waals surface area contributed by atoms with Crippen LogP contribution < -0.4 is 5.32 Å². The molecule has 1 aliphatic rings. The average molecular weight is 252 g/mol. The minimum Gasteiger partial charge on any atom is -0.370 e. The zero-order valence-corrected chi connectivity index (χ0v) is 11.4. The van der Waals surface area contributed by atoms with Gasteiger partial charge in [0.1, 0.15) is 5.82 Å². The van der Waals surface area contributed by atoms with E-state index in [1.165, 1.54) is 30.4 Å². The third-order valence-electron chi connectivity index (χ3n) is 3.89. The largest absolute Gasteiger partial charge is 0.370 e. The van der Waals surface area contributed by atoms with E-state index in [9.17, 15) is 0 Å². The van der Waals surface area contributed by atoms with Crippen LogP contribution in [0.2, 0.25) is 0 Å². The summed E-state index contributed by atoms with van der Waals surface area (Å²) in [7, 11) is 0. The molecule has 98 valence electrons. The summed E-state index contributed by atoms with van der Waals surface area (Å²) in [5.41, 5.74) is 3.72. The fraction of sp³-hybridized carbons (Fsp3) is 0.353. The lowest BCUT2D eigenvalue weighted by Crippen LogP contribution is -2.08. The molecule has 0 aliphatic heterocycles. The summed E-state index contributed by atoms with van der Waals surface area (Å²) >= 11 is 0. The van der Waals surface area contributed by atoms with E-state index >= 15 is 0 Å². The van der Waals surface area contributed by atoms with E-state index in [1.807, 2.05) is 6.07 Å². The molecule has 1 heterocycles. The summed E-state index contributed by atoms with van der Waals surface area (Å²) in [6.45, 7) is 2.98. The van der Waals surface area contributed by atoms with Gasteiger partial charge in [-0.1, -0.05) is 36.8 Å². The first-order valence-corrected chi connectivity index (χ1v) is 7.18. The second-order valence-electron chi connectivity index (χ2n) is 5.19. The van der Waals surface area contributed by atoms with Crippen molar-refractivity contribution in [1.82, 2.24) is 4.98 Å². The Balaban J connectivity index is 1.82. The van der Waals surface area contributed by atoms with Crippen LogP contribution in [-0.4, -0.2) is 11.5 Å². The van der Waals surface area contributed by atoms with Crippen molar-refractivity contribution in [3.8, 4) is 11.3 Å². The number of hydrogen-bond donors (Lipinski definition) is 1. The zero-order chi connectivity index (χ0) is 13.1. The van der Waals surface area contributed by atoms with Crippen LogP contribution in [0.15, 0.2) is 42.5 Å². The van der Waals surface area contributed by atoms with Gasteiger partial charge >= 0.3 is 0 Å². The number of nitrogens with one attached hydrogen (secondary N) is 1. The highest BCUT2D eigenvalue weighted by atomic mass is 15.0. The Morgan fingerprint density at radius 1 is 1.11 bits per heavy atom. The van der Waals surface area contributed by atoms with Crippen LogP contribution >= 0.6 is 0 Å². The smallest absolute Gasteiger partial charge is 0.126 e. The van der Waals surface area contributed by atoms with Gasteiger partial charge in [-0.2, -0.15) is 0 Å². The second kappa shape index (κ2) is 5.43. The van der Waals surface area contributed by atoms with Crippen molar-refractivity contribution in [1.29, 1.82) is 0 Å². The highest BCUT2D eigenvalue weighted by Crippen LogP contribution is 2.36. The van der Waals surface area contributed by atoms with Gasteiger partial charge in [-0.15, -0.1) is 0 Å². The van der Waals surface area contributed by atoms with E-state index in [2.05, 4.69) is 53.6 Å². The van der Waals surface area contributed by atoms with Gasteiger partial charge in [-0.3, -0.25) is 0 Å². The summed E-state index contributed by atoms with van der Waals surface area (Å²) in [6.07, 6.45) is 4.10. The first-order valence-electron chi connectivity index (χ1n) is 7.18. The lowest BCUT2D eigenvalue weighted by Gasteiger charge is -2.25. The summed E-state index contributed by atoms with van der Waals surface area (Å²) < 4.78 is 0. The molecular formula is C17H20N2. The Labute approximate surface area is 114 Å². The molecule has 0 radical (unpaired) electrons. The van der Waals surface area contributed by atoms with Crippen LogP contribution in [0.3, 0.4) is 0 Å². The molecule has 0 amide bonds. The molecule has 0 spiro atoms. The van der Waals surface area contributed by atoms with Crippen molar-refractivity contribution in [2.45, 2.75) is 32.1 Å². The molecule has 1 aliphatic carbocycles. The normalized spacial score (nSPS) is 15.0. The molecule has 2 heteroatoms. The van der Waals surface area contributed by atoms with Crippen molar-refractivity contribution in [3.05, 3.63) is 48.0 Å². The van der Waals surface area contributed by atoms with Crippen molar-refractivity contribution in [2.24, 2.45) is 0 Å². The lowest BCUT2D eigenvalue weighted by molar-refractivity contribution is 0.420. The Morgan fingerprint density at radius 3 is 2.53 bits per heavy atom. The maximum absolute atomic E-state index is 4.63. The Morgan fingerprint density at radius 2 is 1.89 bits per heavy atom. The van der Waals surface area contributed by atoms with E-state index in [0.717, 1.165) is 24.0 Å². The molecule has 2 aromatic rings. The number of anilines is 1. The summed E-state index contributed by atoms with van der Waals surface area (Å²) in [5.74, 6) is 1.75. The highest BCUT2D eigenvalue weighted by molar-refractivity contribution is 5.61. The third kappa shape index (κ3) is 2.62. The van der Waals surface area contributed by atoms with Crippen LogP contribution in [0.1, 0.15) is 37.7 Å². The van der Waals surface area contributed by atoms with E-state index in [4.69, 9.17) is 0 Å². The van der Waals surface area contributed by atoms with E-state index in [0.29, 0.717) is 0 Å². The van der Waals surface area contributed by atoms with Crippen molar-refractivity contribution in [2.75, 3.05) is 11.9 Å². The van der Waals surface area contributed by atoms with E-state index in [-0.39, 0.29) is 0 Å². The van der Waals surface area contributed by atoms with Crippen LogP contribution in [-0.2, 0) is 0 Å². The van der Waals surface area contributed by atoms with Gasteiger partial charge in [-0.05, 0) is 43.4 Å². The maximum Gasteiger partial charge on any atom is 0.126 e. The fourth-order valence-electron chi connectivity index (χ4n) is 2.54. The van der Waals surface area contributed by atoms with Gasteiger partial charge in [0.15, 0.2) is 0 Å². The standard InChI is InChI=1S/C17H20N2/c1-2-18-17-8-4-7-16(19-17)15-11-9-14(10-12-15)13-5-3-6-13/h4,7-13H,2-3,5-6H2,1H3,(H,18,19). The molecule has 1 aromatic heterocycles. The number of pyridine rings is 1. The monoisotopic (exact) mass is 252 g/mol. The Kier molecular flexibility index (Phi) is 3.49. The number of benzene rings is 1. The molecule has 0 bridgehead atoms. The van der Waals surface area contributed by atoms with Gasteiger partial charge in [-0.25, -0.2) is 4.98 Å². The van der Waals surface area contributed by atoms with E-state index < -0.39 is 0 Å². The molecule has 2 nitrogen and oxygen atoms in total. The SMILES string of the molecule is CCNc1cccc(-c2ccc(C3CCC3)cc2)n1. The number of hydrogen-bond acceptors (Lipinski definition) is 2. The predicted octanol–water partition coefficient (Wildman–Crippen LogP) is 4.45. The number of aromatic nitrogens is 1. The molecule has 0 atom stereocenters. The van der Waals surface area contributed by atoms with Gasteiger partial charge < -0.3 is 5.32 Å². The second-order valence-corrected chi connectivity index (χ2v) is 5.19. The quantitative estimate of drug-likeness (QED) is 0.869. The van der Waals surface area contributed by atoms with Crippen molar-refractivity contribution in [3.63, 3.8) is 0 Å². The molecule has 1 saturated carbocycles. The highest BCUT2D eigenvalue weighted by Gasteiger charge is 2.19. The number of nitrogens with zero attached hydrogens (tertiary/aromatic N) is 1. The molecule has 0 unspecified atom stereocenters. The van der Waals surface area contributed by atoms with Crippen LogP contribution in [0.25, 0.3) is 11.3 Å². The molecule has 1 aromatic carbocycles. The molecule has 3 rings (SSSR count). The molecule has 1 fully saturated rings. The number of rotatable bonds is 4. The minimum absolute atomic E-state index is 0.801. The zero-order valence-electron chi connectivity index (χ0n) is 11.4. The molecule has 19 heavy (non-hydrogen) atoms. The van der Waals surface area contributed by atoms with Crippen molar-refractivity contribution < 1.29 is 0 Å². The van der Waals surface area contributed by atoms with Crippen LogP contribution in [0, 0.1) is 0 Å². The first-order chi connectivity index (χ1) is 9.36. The molecule has 0 saturated heterocycles. The third-order valence-corrected chi connectivity index (χ3v) is 3.89. The van der Waals surface area contributed by atoms with Gasteiger partial charge in [0.25, 0.3) is 0 Å². The van der Waals surface area contributed by atoms with E-state index in [1.54, 1.807) is 0 Å². The summed E-state index contributed by atoms with van der Waals surface area (Å²) in [5, 5.41) is 3.25. The molecule has 1 N–H and O–H groups in total. The Bertz CT molecular complexity index is 541. The molecular weight excluding hydrogens is 232 g/mol. The fourth-order valence-corrected chi connectivity index (χ4v) is 2.54. The average Bonchev–Trinajstić information content (AvgIpc) is 2.38. The Hall–Kier alpha value is -1.83. The van der Waals surface area contributed by atoms with Crippen LogP contribution in [0.4, 0.5) is 5.82 Å². The summed E-state index contributed by atoms with van der Waals surface area (Å²) in [4.78, 5) is 4.63. The summed E-state index contributed by atoms with van der Waals surface area (Å²) in [6, 6.07) is 15.1.